The zero-order valence-electron chi connectivity index (χ0n) is 7.86. The normalized spacial score (nSPS) is 17.6. The predicted octanol–water partition coefficient (Wildman–Crippen LogP) is 4.18. The molecule has 0 amide bonds. The van der Waals surface area contributed by atoms with Crippen LogP contribution in [0.4, 0.5) is 0 Å². The molecule has 1 saturated carbocycles. The molecule has 0 spiro atoms. The zero-order chi connectivity index (χ0) is 9.23. The van der Waals surface area contributed by atoms with E-state index in [9.17, 15) is 0 Å². The van der Waals surface area contributed by atoms with Crippen LogP contribution in [0.5, 0.6) is 0 Å². The Morgan fingerprint density at radius 1 is 1.33 bits per heavy atom. The summed E-state index contributed by atoms with van der Waals surface area (Å²) in [5.41, 5.74) is 0. The van der Waals surface area contributed by atoms with E-state index in [-0.39, 0.29) is 0 Å². The van der Waals surface area contributed by atoms with E-state index in [1.54, 1.807) is 0 Å². The minimum atomic E-state index is -0.639. The fraction of sp³-hybridized carbons (Fsp3) is 0.889. The maximum absolute atomic E-state index is 4.90. The summed E-state index contributed by atoms with van der Waals surface area (Å²) in [5, 5.41) is 0. The third-order valence-electron chi connectivity index (χ3n) is 2.26. The molecule has 1 rings (SSSR count). The fourth-order valence-corrected chi connectivity index (χ4v) is 1.69. The van der Waals surface area contributed by atoms with Gasteiger partial charge >= 0.3 is 18.2 Å². The number of hydrogen-bond donors (Lipinski definition) is 0. The summed E-state index contributed by atoms with van der Waals surface area (Å²) in [5.74, 6) is 1.07. The van der Waals surface area contributed by atoms with Gasteiger partial charge in [-0.25, -0.2) is 0 Å². The molecule has 0 aliphatic heterocycles. The van der Waals surface area contributed by atoms with Gasteiger partial charge in [0.1, 0.15) is 0 Å². The lowest BCUT2D eigenvalue weighted by molar-refractivity contribution is 0.377. The highest BCUT2D eigenvalue weighted by atomic mass is 35.6. The van der Waals surface area contributed by atoms with Crippen molar-refractivity contribution in [2.45, 2.75) is 45.4 Å². The first-order valence-corrected chi connectivity index (χ1v) is 9.06. The molecule has 0 unspecified atom stereocenters. The molecule has 3 heteroatoms. The standard InChI is InChI=1S/C9H17.2ClH.Mg/c1-2-6-9-7-4-3-5-8-9;;;/h3,9H,2,4-8H2,1H3;2*1H;/q;;;+2/p-2. The van der Waals surface area contributed by atoms with Gasteiger partial charge in [-0.05, 0) is 25.2 Å². The van der Waals surface area contributed by atoms with Gasteiger partial charge < -0.3 is 18.1 Å². The molecule has 0 heterocycles. The highest BCUT2D eigenvalue weighted by Crippen LogP contribution is 2.26. The van der Waals surface area contributed by atoms with Crippen LogP contribution in [-0.2, 0) is 0 Å². The molecule has 1 aliphatic rings. The van der Waals surface area contributed by atoms with Gasteiger partial charge in [0.15, 0.2) is 0 Å². The molecule has 0 aromatic rings. The molecule has 69 valence electrons. The van der Waals surface area contributed by atoms with Gasteiger partial charge in [-0.1, -0.05) is 32.6 Å². The summed E-state index contributed by atoms with van der Waals surface area (Å²) >= 11 is -0.639. The van der Waals surface area contributed by atoms with E-state index in [4.69, 9.17) is 18.1 Å². The molecule has 12 heavy (non-hydrogen) atoms. The van der Waals surface area contributed by atoms with E-state index < -0.39 is 18.2 Å². The quantitative estimate of drug-likeness (QED) is 0.613. The van der Waals surface area contributed by atoms with E-state index in [0.29, 0.717) is 0 Å². The van der Waals surface area contributed by atoms with Crippen LogP contribution in [0, 0.1) is 12.3 Å². The van der Waals surface area contributed by atoms with Crippen molar-refractivity contribution >= 4 is 36.3 Å². The van der Waals surface area contributed by atoms with Crippen molar-refractivity contribution < 1.29 is 0 Å². The first-order chi connectivity index (χ1) is 5.85. The van der Waals surface area contributed by atoms with E-state index in [1.165, 1.54) is 38.5 Å². The molecule has 0 aromatic heterocycles. The minimum Gasteiger partial charge on any atom is -0.309 e. The fourth-order valence-electron chi connectivity index (χ4n) is 1.69. The lowest BCUT2D eigenvalue weighted by Gasteiger charge is -2.20. The van der Waals surface area contributed by atoms with Crippen LogP contribution in [-0.4, -0.2) is 18.2 Å². The van der Waals surface area contributed by atoms with E-state index >= 15 is 0 Å². The second-order valence-electron chi connectivity index (χ2n) is 3.20. The predicted molar refractivity (Wildman–Crippen MR) is 58.6 cm³/mol. The Morgan fingerprint density at radius 2 is 1.83 bits per heavy atom. The monoisotopic (exact) mass is 219 g/mol. The molecule has 0 bridgehead atoms. The molecule has 1 radical (unpaired) electrons. The van der Waals surface area contributed by atoms with Gasteiger partial charge in [0.05, 0.1) is 0 Å². The van der Waals surface area contributed by atoms with Gasteiger partial charge in [-0.3, -0.25) is 0 Å². The van der Waals surface area contributed by atoms with Crippen molar-refractivity contribution in [2.75, 3.05) is 0 Å². The molecule has 1 aliphatic carbocycles. The SMILES string of the molecule is CCCC1CC[CH]CC1.[Cl][Mg][Cl]. The van der Waals surface area contributed by atoms with Crippen LogP contribution < -0.4 is 0 Å². The van der Waals surface area contributed by atoms with Crippen molar-refractivity contribution in [3.8, 4) is 0 Å². The number of rotatable bonds is 2. The number of hydrogen-bond acceptors (Lipinski definition) is 0. The summed E-state index contributed by atoms with van der Waals surface area (Å²) in [7, 11) is 9.81. The van der Waals surface area contributed by atoms with Crippen molar-refractivity contribution in [1.29, 1.82) is 0 Å². The highest BCUT2D eigenvalue weighted by Gasteiger charge is 2.11. The molecule has 0 atom stereocenters. The van der Waals surface area contributed by atoms with Crippen LogP contribution in [0.1, 0.15) is 45.4 Å². The van der Waals surface area contributed by atoms with Gasteiger partial charge in [0.25, 0.3) is 0 Å². The lowest BCUT2D eigenvalue weighted by Crippen LogP contribution is -2.05. The average Bonchev–Trinajstić information content (AvgIpc) is 2.08. The first kappa shape index (κ1) is 13.3. The van der Waals surface area contributed by atoms with Crippen molar-refractivity contribution in [2.24, 2.45) is 5.92 Å². The Kier molecular flexibility index (Phi) is 11.6. The average molecular weight is 220 g/mol. The summed E-state index contributed by atoms with van der Waals surface area (Å²) < 4.78 is 0. The molecule has 0 N–H and O–H groups in total. The van der Waals surface area contributed by atoms with Crippen LogP contribution in [0.15, 0.2) is 0 Å². The Morgan fingerprint density at radius 3 is 2.25 bits per heavy atom. The largest absolute Gasteiger partial charge is 0.618 e. The topological polar surface area (TPSA) is 0 Å². The second kappa shape index (κ2) is 10.4. The van der Waals surface area contributed by atoms with E-state index in [2.05, 4.69) is 13.3 Å². The van der Waals surface area contributed by atoms with Crippen LogP contribution in [0.3, 0.4) is 0 Å². The summed E-state index contributed by atoms with van der Waals surface area (Å²) in [6.07, 6.45) is 11.0. The van der Waals surface area contributed by atoms with E-state index in [0.717, 1.165) is 5.92 Å². The molecular weight excluding hydrogens is 203 g/mol. The van der Waals surface area contributed by atoms with Gasteiger partial charge in [0.2, 0.25) is 0 Å². The maximum Gasteiger partial charge on any atom is 0.618 e. The molecule has 0 saturated heterocycles. The minimum absolute atomic E-state index is 0.639. The number of halogens is 2. The van der Waals surface area contributed by atoms with Crippen molar-refractivity contribution in [1.82, 2.24) is 0 Å². The summed E-state index contributed by atoms with van der Waals surface area (Å²) in [4.78, 5) is 0. The smallest absolute Gasteiger partial charge is 0.309 e. The van der Waals surface area contributed by atoms with Crippen molar-refractivity contribution in [3.05, 3.63) is 6.42 Å². The Balaban J connectivity index is 0.000000354. The van der Waals surface area contributed by atoms with E-state index in [1.807, 2.05) is 0 Å². The summed E-state index contributed by atoms with van der Waals surface area (Å²) in [6.45, 7) is 2.29. The Hall–Kier alpha value is 1.35. The Labute approximate surface area is 93.7 Å². The first-order valence-electron chi connectivity index (χ1n) is 4.78. The van der Waals surface area contributed by atoms with Crippen LogP contribution >= 0.6 is 18.1 Å². The van der Waals surface area contributed by atoms with Gasteiger partial charge in [0, 0.05) is 0 Å². The molecular formula is C9H17Cl2Mg. The third-order valence-corrected chi connectivity index (χ3v) is 2.26. The van der Waals surface area contributed by atoms with Crippen LogP contribution in [0.25, 0.3) is 0 Å². The highest BCUT2D eigenvalue weighted by molar-refractivity contribution is 7.22. The molecule has 0 aromatic carbocycles. The third kappa shape index (κ3) is 7.97. The van der Waals surface area contributed by atoms with Gasteiger partial charge in [-0.2, -0.15) is 0 Å². The zero-order valence-corrected chi connectivity index (χ0v) is 10.8. The van der Waals surface area contributed by atoms with Crippen molar-refractivity contribution in [3.63, 3.8) is 0 Å². The van der Waals surface area contributed by atoms with Gasteiger partial charge in [-0.15, -0.1) is 0 Å². The van der Waals surface area contributed by atoms with Crippen LogP contribution in [0.2, 0.25) is 0 Å². The Bertz CT molecular complexity index is 79.8. The maximum atomic E-state index is 4.90. The molecule has 1 fully saturated rings. The summed E-state index contributed by atoms with van der Waals surface area (Å²) in [6, 6.07) is 0. The molecule has 0 nitrogen and oxygen atoms in total. The lowest BCUT2D eigenvalue weighted by atomic mass is 9.86. The second-order valence-corrected chi connectivity index (χ2v) is 5.83.